The zero-order valence-corrected chi connectivity index (χ0v) is 11.8. The highest BCUT2D eigenvalue weighted by Gasteiger charge is 2.21. The lowest BCUT2D eigenvalue weighted by atomic mass is 9.83. The van der Waals surface area contributed by atoms with Crippen molar-refractivity contribution >= 4 is 11.6 Å². The third-order valence-electron chi connectivity index (χ3n) is 3.82. The zero-order valence-electron chi connectivity index (χ0n) is 11.0. The molecule has 1 aromatic carbocycles. The Labute approximate surface area is 114 Å². The Morgan fingerprint density at radius 2 is 2.00 bits per heavy atom. The van der Waals surface area contributed by atoms with Crippen LogP contribution in [0.2, 0.25) is 5.02 Å². The Morgan fingerprint density at radius 3 is 2.61 bits per heavy atom. The van der Waals surface area contributed by atoms with Gasteiger partial charge in [-0.2, -0.15) is 0 Å². The lowest BCUT2D eigenvalue weighted by molar-refractivity contribution is 0.383. The molecule has 1 fully saturated rings. The van der Waals surface area contributed by atoms with Crippen LogP contribution in [0, 0.1) is 0 Å². The molecule has 0 aliphatic heterocycles. The maximum atomic E-state index is 6.24. The normalized spacial score (nSPS) is 16.8. The van der Waals surface area contributed by atoms with Gasteiger partial charge < -0.3 is 10.5 Å². The molecule has 0 amide bonds. The van der Waals surface area contributed by atoms with Crippen molar-refractivity contribution in [2.45, 2.75) is 44.4 Å². The fourth-order valence-electron chi connectivity index (χ4n) is 2.98. The number of benzene rings is 1. The average molecular weight is 268 g/mol. The van der Waals surface area contributed by atoms with Crippen LogP contribution >= 0.6 is 11.6 Å². The van der Waals surface area contributed by atoms with E-state index in [0.717, 1.165) is 22.8 Å². The number of hydrogen-bond acceptors (Lipinski definition) is 2. The van der Waals surface area contributed by atoms with Gasteiger partial charge in [0, 0.05) is 5.02 Å². The third kappa shape index (κ3) is 2.99. The SMILES string of the molecule is COc1c(CCN)cc(Cl)cc1C1CCCCC1. The smallest absolute Gasteiger partial charge is 0.125 e. The molecule has 0 spiro atoms. The second kappa shape index (κ2) is 6.44. The molecule has 0 saturated heterocycles. The highest BCUT2D eigenvalue weighted by Crippen LogP contribution is 2.40. The molecule has 2 nitrogen and oxygen atoms in total. The van der Waals surface area contributed by atoms with Gasteiger partial charge in [0.1, 0.15) is 5.75 Å². The third-order valence-corrected chi connectivity index (χ3v) is 4.04. The first kappa shape index (κ1) is 13.7. The summed E-state index contributed by atoms with van der Waals surface area (Å²) in [6.07, 6.45) is 7.30. The van der Waals surface area contributed by atoms with E-state index in [0.29, 0.717) is 12.5 Å². The maximum Gasteiger partial charge on any atom is 0.125 e. The van der Waals surface area contributed by atoms with Crippen LogP contribution in [0.15, 0.2) is 12.1 Å². The van der Waals surface area contributed by atoms with E-state index < -0.39 is 0 Å². The van der Waals surface area contributed by atoms with Crippen molar-refractivity contribution < 1.29 is 4.74 Å². The predicted molar refractivity (Wildman–Crippen MR) is 76.6 cm³/mol. The number of nitrogens with two attached hydrogens (primary N) is 1. The summed E-state index contributed by atoms with van der Waals surface area (Å²) in [4.78, 5) is 0. The van der Waals surface area contributed by atoms with Gasteiger partial charge in [0.25, 0.3) is 0 Å². The number of rotatable bonds is 4. The van der Waals surface area contributed by atoms with Gasteiger partial charge in [-0.05, 0) is 55.0 Å². The van der Waals surface area contributed by atoms with Crippen LogP contribution in [0.25, 0.3) is 0 Å². The fraction of sp³-hybridized carbons (Fsp3) is 0.600. The van der Waals surface area contributed by atoms with Crippen LogP contribution in [-0.4, -0.2) is 13.7 Å². The van der Waals surface area contributed by atoms with Crippen molar-refractivity contribution in [2.75, 3.05) is 13.7 Å². The molecule has 3 heteroatoms. The topological polar surface area (TPSA) is 35.2 Å². The zero-order chi connectivity index (χ0) is 13.0. The Morgan fingerprint density at radius 1 is 1.28 bits per heavy atom. The molecule has 0 bridgehead atoms. The van der Waals surface area contributed by atoms with Gasteiger partial charge in [-0.3, -0.25) is 0 Å². The summed E-state index contributed by atoms with van der Waals surface area (Å²) in [5, 5.41) is 0.805. The lowest BCUT2D eigenvalue weighted by Crippen LogP contribution is -2.10. The van der Waals surface area contributed by atoms with Crippen LogP contribution in [0.4, 0.5) is 0 Å². The van der Waals surface area contributed by atoms with E-state index in [1.54, 1.807) is 7.11 Å². The van der Waals surface area contributed by atoms with Gasteiger partial charge in [0.2, 0.25) is 0 Å². The molecule has 0 unspecified atom stereocenters. The summed E-state index contributed by atoms with van der Waals surface area (Å²) in [5.41, 5.74) is 8.10. The predicted octanol–water partition coefficient (Wildman–Crippen LogP) is 3.90. The largest absolute Gasteiger partial charge is 0.496 e. The van der Waals surface area contributed by atoms with Gasteiger partial charge in [-0.25, -0.2) is 0 Å². The summed E-state index contributed by atoms with van der Waals surface area (Å²) in [6.45, 7) is 0.626. The second-order valence-electron chi connectivity index (χ2n) is 5.06. The van der Waals surface area contributed by atoms with E-state index in [4.69, 9.17) is 22.1 Å². The van der Waals surface area contributed by atoms with Crippen LogP contribution in [0.5, 0.6) is 5.75 Å². The summed E-state index contributed by atoms with van der Waals surface area (Å²) >= 11 is 6.24. The molecule has 0 aromatic heterocycles. The molecule has 2 rings (SSSR count). The Kier molecular flexibility index (Phi) is 4.90. The Bertz CT molecular complexity index is 400. The Hall–Kier alpha value is -0.730. The number of hydrogen-bond donors (Lipinski definition) is 1. The van der Waals surface area contributed by atoms with Gasteiger partial charge in [-0.15, -0.1) is 0 Å². The number of methoxy groups -OCH3 is 1. The summed E-state index contributed by atoms with van der Waals surface area (Å²) in [5.74, 6) is 1.61. The highest BCUT2D eigenvalue weighted by atomic mass is 35.5. The molecule has 1 aliphatic carbocycles. The first-order chi connectivity index (χ1) is 8.76. The highest BCUT2D eigenvalue weighted by molar-refractivity contribution is 6.30. The summed E-state index contributed by atoms with van der Waals surface area (Å²) < 4.78 is 5.62. The fourth-order valence-corrected chi connectivity index (χ4v) is 3.23. The van der Waals surface area contributed by atoms with Gasteiger partial charge in [0.05, 0.1) is 7.11 Å². The minimum Gasteiger partial charge on any atom is -0.496 e. The molecule has 0 radical (unpaired) electrons. The van der Waals surface area contributed by atoms with E-state index in [2.05, 4.69) is 6.07 Å². The molecule has 1 aliphatic rings. The van der Waals surface area contributed by atoms with Crippen LogP contribution in [0.1, 0.15) is 49.1 Å². The van der Waals surface area contributed by atoms with E-state index in [9.17, 15) is 0 Å². The maximum absolute atomic E-state index is 6.24. The standard InChI is InChI=1S/C15H22ClNO/c1-18-15-12(7-8-17)9-13(16)10-14(15)11-5-3-2-4-6-11/h9-11H,2-8,17H2,1H3. The van der Waals surface area contributed by atoms with E-state index >= 15 is 0 Å². The molecule has 100 valence electrons. The molecule has 0 heterocycles. The lowest BCUT2D eigenvalue weighted by Gasteiger charge is -2.25. The van der Waals surface area contributed by atoms with Crippen LogP contribution < -0.4 is 10.5 Å². The number of halogens is 1. The van der Waals surface area contributed by atoms with E-state index in [1.165, 1.54) is 37.7 Å². The monoisotopic (exact) mass is 267 g/mol. The van der Waals surface area contributed by atoms with Crippen molar-refractivity contribution in [3.63, 3.8) is 0 Å². The first-order valence-electron chi connectivity index (χ1n) is 6.82. The van der Waals surface area contributed by atoms with E-state index in [1.807, 2.05) is 6.07 Å². The Balaban J connectivity index is 2.37. The van der Waals surface area contributed by atoms with Gasteiger partial charge in [-0.1, -0.05) is 30.9 Å². The first-order valence-corrected chi connectivity index (χ1v) is 7.20. The van der Waals surface area contributed by atoms with E-state index in [-0.39, 0.29) is 0 Å². The number of ether oxygens (including phenoxy) is 1. The van der Waals surface area contributed by atoms with Crippen molar-refractivity contribution in [1.82, 2.24) is 0 Å². The molecule has 0 atom stereocenters. The van der Waals surface area contributed by atoms with Crippen molar-refractivity contribution in [1.29, 1.82) is 0 Å². The summed E-state index contributed by atoms with van der Waals surface area (Å²) in [7, 11) is 1.75. The van der Waals surface area contributed by atoms with Gasteiger partial charge >= 0.3 is 0 Å². The van der Waals surface area contributed by atoms with Crippen LogP contribution in [-0.2, 0) is 6.42 Å². The van der Waals surface area contributed by atoms with Crippen LogP contribution in [0.3, 0.4) is 0 Å². The molecule has 2 N–H and O–H groups in total. The summed E-state index contributed by atoms with van der Waals surface area (Å²) in [6, 6.07) is 4.07. The van der Waals surface area contributed by atoms with Crippen molar-refractivity contribution in [3.8, 4) is 5.75 Å². The molecule has 18 heavy (non-hydrogen) atoms. The minimum absolute atomic E-state index is 0.601. The van der Waals surface area contributed by atoms with Crippen molar-refractivity contribution in [2.24, 2.45) is 5.73 Å². The quantitative estimate of drug-likeness (QED) is 0.898. The average Bonchev–Trinajstić information content (AvgIpc) is 2.39. The van der Waals surface area contributed by atoms with Crippen molar-refractivity contribution in [3.05, 3.63) is 28.3 Å². The minimum atomic E-state index is 0.601. The second-order valence-corrected chi connectivity index (χ2v) is 5.50. The molecular weight excluding hydrogens is 246 g/mol. The van der Waals surface area contributed by atoms with Gasteiger partial charge in [0.15, 0.2) is 0 Å². The molecule has 1 saturated carbocycles. The molecular formula is C15H22ClNO. The molecule has 1 aromatic rings.